The fraction of sp³-hybridized carbons (Fsp3) is 0.235. The molecule has 1 N–H and O–H groups in total. The molecule has 0 aliphatic carbocycles. The smallest absolute Gasteiger partial charge is 0.342 e. The molecule has 0 unspecified atom stereocenters. The van der Waals surface area contributed by atoms with E-state index >= 15 is 0 Å². The number of anilines is 1. The van der Waals surface area contributed by atoms with E-state index in [-0.39, 0.29) is 11.3 Å². The Hall–Kier alpha value is -1.93. The number of aryl methyl sites for hydroxylation is 3. The Morgan fingerprint density at radius 2 is 1.72 bits per heavy atom. The molecule has 1 aromatic carbocycles. The molecule has 1 amide bonds. The van der Waals surface area contributed by atoms with Crippen molar-refractivity contribution in [2.24, 2.45) is 0 Å². The van der Waals surface area contributed by atoms with Crippen LogP contribution in [-0.2, 0) is 9.53 Å². The third-order valence-electron chi connectivity index (χ3n) is 3.32. The first-order valence-electron chi connectivity index (χ1n) is 7.23. The topological polar surface area (TPSA) is 85.6 Å². The van der Waals surface area contributed by atoms with Gasteiger partial charge in [-0.2, -0.15) is 0 Å². The number of ether oxygens (including phenoxy) is 1. The summed E-state index contributed by atoms with van der Waals surface area (Å²) in [6, 6.07) is 4.90. The average molecular weight is 473 g/mol. The van der Waals surface area contributed by atoms with Gasteiger partial charge in [-0.15, -0.1) is 0 Å². The number of carbonyl (C=O) groups excluding carboxylic acids is 2. The van der Waals surface area contributed by atoms with Crippen molar-refractivity contribution in [2.75, 3.05) is 11.9 Å². The van der Waals surface area contributed by atoms with Gasteiger partial charge in [0.25, 0.3) is 5.91 Å². The van der Waals surface area contributed by atoms with Crippen LogP contribution in [-0.4, -0.2) is 18.5 Å². The first kappa shape index (κ1) is 19.4. The number of halogens is 2. The summed E-state index contributed by atoms with van der Waals surface area (Å²) in [5.74, 6) is -1.07. The van der Waals surface area contributed by atoms with Crippen LogP contribution in [0.3, 0.4) is 0 Å². The van der Waals surface area contributed by atoms with Crippen molar-refractivity contribution in [3.05, 3.63) is 60.0 Å². The zero-order valence-electron chi connectivity index (χ0n) is 13.7. The lowest BCUT2D eigenvalue weighted by molar-refractivity contribution is -0.119. The summed E-state index contributed by atoms with van der Waals surface area (Å²) >= 11 is 6.75. The van der Waals surface area contributed by atoms with Crippen molar-refractivity contribution in [2.45, 2.75) is 20.8 Å². The van der Waals surface area contributed by atoms with Crippen LogP contribution in [0.1, 0.15) is 27.2 Å². The van der Waals surface area contributed by atoms with Gasteiger partial charge < -0.3 is 14.5 Å². The van der Waals surface area contributed by atoms with Crippen LogP contribution < -0.4 is 10.9 Å². The highest BCUT2D eigenvalue weighted by atomic mass is 79.9. The summed E-state index contributed by atoms with van der Waals surface area (Å²) < 4.78 is 11.3. The number of hydrogen-bond acceptors (Lipinski definition) is 5. The molecule has 132 valence electrons. The second-order valence-corrected chi connectivity index (χ2v) is 7.12. The summed E-state index contributed by atoms with van der Waals surface area (Å²) in [4.78, 5) is 35.5. The van der Waals surface area contributed by atoms with Crippen molar-refractivity contribution in [3.63, 3.8) is 0 Å². The number of hydrogen-bond donors (Lipinski definition) is 1. The first-order valence-corrected chi connectivity index (χ1v) is 8.81. The summed E-state index contributed by atoms with van der Waals surface area (Å²) in [6.07, 6.45) is 0. The summed E-state index contributed by atoms with van der Waals surface area (Å²) in [5.41, 5.74) is 1.59. The quantitative estimate of drug-likeness (QED) is 0.682. The Labute approximate surface area is 160 Å². The molecule has 0 fully saturated rings. The predicted molar refractivity (Wildman–Crippen MR) is 99.9 cm³/mol. The largest absolute Gasteiger partial charge is 0.452 e. The van der Waals surface area contributed by atoms with Gasteiger partial charge in [0.15, 0.2) is 6.61 Å². The molecule has 0 atom stereocenters. The van der Waals surface area contributed by atoms with Gasteiger partial charge >= 0.3 is 11.6 Å². The number of benzene rings is 1. The monoisotopic (exact) mass is 471 g/mol. The highest BCUT2D eigenvalue weighted by Gasteiger charge is 2.18. The van der Waals surface area contributed by atoms with Crippen LogP contribution in [0, 0.1) is 20.8 Å². The Bertz CT molecular complexity index is 855. The van der Waals surface area contributed by atoms with E-state index < -0.39 is 24.1 Å². The van der Waals surface area contributed by atoms with Crippen LogP contribution in [0.25, 0.3) is 0 Å². The molecule has 0 saturated heterocycles. The van der Waals surface area contributed by atoms with Gasteiger partial charge in [0.2, 0.25) is 0 Å². The molecular weight excluding hydrogens is 458 g/mol. The van der Waals surface area contributed by atoms with Gasteiger partial charge in [-0.1, -0.05) is 0 Å². The van der Waals surface area contributed by atoms with Crippen LogP contribution in [0.5, 0.6) is 0 Å². The lowest BCUT2D eigenvalue weighted by Gasteiger charge is -2.12. The number of rotatable bonds is 4. The molecular formula is C17H15Br2NO5. The highest BCUT2D eigenvalue weighted by Crippen LogP contribution is 2.32. The molecule has 0 saturated carbocycles. The van der Waals surface area contributed by atoms with Gasteiger partial charge in [0.1, 0.15) is 11.3 Å². The fourth-order valence-corrected chi connectivity index (χ4v) is 3.87. The van der Waals surface area contributed by atoms with Crippen molar-refractivity contribution in [1.82, 2.24) is 0 Å². The van der Waals surface area contributed by atoms with Crippen LogP contribution in [0.4, 0.5) is 5.69 Å². The Kier molecular flexibility index (Phi) is 6.18. The Morgan fingerprint density at radius 3 is 2.28 bits per heavy atom. The van der Waals surface area contributed by atoms with E-state index in [0.29, 0.717) is 20.2 Å². The van der Waals surface area contributed by atoms with Gasteiger partial charge in [-0.3, -0.25) is 4.79 Å². The first-order chi connectivity index (χ1) is 11.7. The van der Waals surface area contributed by atoms with Crippen molar-refractivity contribution in [1.29, 1.82) is 0 Å². The maximum absolute atomic E-state index is 12.2. The van der Waals surface area contributed by atoms with E-state index in [9.17, 15) is 14.4 Å². The van der Waals surface area contributed by atoms with Gasteiger partial charge in [-0.25, -0.2) is 9.59 Å². The molecule has 0 spiro atoms. The SMILES string of the molecule is Cc1cc(Br)c(NC(=O)COC(=O)c2c(C)cc(=O)oc2C)c(Br)c1. The molecule has 0 bridgehead atoms. The average Bonchev–Trinajstić information content (AvgIpc) is 2.47. The molecule has 2 rings (SSSR count). The number of esters is 1. The summed E-state index contributed by atoms with van der Waals surface area (Å²) in [6.45, 7) is 4.54. The number of amides is 1. The lowest BCUT2D eigenvalue weighted by atomic mass is 10.1. The minimum absolute atomic E-state index is 0.144. The number of nitrogens with one attached hydrogen (secondary N) is 1. The molecule has 2 aromatic rings. The van der Waals surface area contributed by atoms with Crippen molar-refractivity contribution >= 4 is 49.4 Å². The van der Waals surface area contributed by atoms with E-state index in [2.05, 4.69) is 37.2 Å². The lowest BCUT2D eigenvalue weighted by Crippen LogP contribution is -2.22. The maximum Gasteiger partial charge on any atom is 0.342 e. The zero-order chi connectivity index (χ0) is 18.7. The number of carbonyl (C=O) groups is 2. The van der Waals surface area contributed by atoms with Crippen molar-refractivity contribution in [3.8, 4) is 0 Å². The van der Waals surface area contributed by atoms with Crippen LogP contribution in [0.2, 0.25) is 0 Å². The van der Waals surface area contributed by atoms with E-state index in [0.717, 1.165) is 5.56 Å². The van der Waals surface area contributed by atoms with Gasteiger partial charge in [0, 0.05) is 15.0 Å². The molecule has 0 aliphatic rings. The van der Waals surface area contributed by atoms with E-state index in [1.165, 1.54) is 13.0 Å². The molecule has 25 heavy (non-hydrogen) atoms. The normalized spacial score (nSPS) is 10.4. The minimum atomic E-state index is -0.726. The van der Waals surface area contributed by atoms with Crippen LogP contribution in [0.15, 0.2) is 36.4 Å². The third-order valence-corrected chi connectivity index (χ3v) is 4.57. The van der Waals surface area contributed by atoms with Gasteiger partial charge in [-0.05, 0) is 75.9 Å². The molecule has 1 heterocycles. The maximum atomic E-state index is 12.2. The predicted octanol–water partition coefficient (Wildman–Crippen LogP) is 3.89. The summed E-state index contributed by atoms with van der Waals surface area (Å²) in [5, 5.41) is 2.67. The molecule has 8 heteroatoms. The second-order valence-electron chi connectivity index (χ2n) is 5.41. The van der Waals surface area contributed by atoms with Crippen molar-refractivity contribution < 1.29 is 18.7 Å². The Balaban J connectivity index is 2.06. The zero-order valence-corrected chi connectivity index (χ0v) is 16.9. The fourth-order valence-electron chi connectivity index (χ4n) is 2.26. The van der Waals surface area contributed by atoms with Crippen LogP contribution >= 0.6 is 31.9 Å². The van der Waals surface area contributed by atoms with E-state index in [1.807, 2.05) is 19.1 Å². The molecule has 1 aromatic heterocycles. The Morgan fingerprint density at radius 1 is 1.12 bits per heavy atom. The summed E-state index contributed by atoms with van der Waals surface area (Å²) in [7, 11) is 0. The molecule has 6 nitrogen and oxygen atoms in total. The van der Waals surface area contributed by atoms with E-state index in [4.69, 9.17) is 9.15 Å². The second kappa shape index (κ2) is 7.97. The molecule has 0 aliphatic heterocycles. The van der Waals surface area contributed by atoms with Gasteiger partial charge in [0.05, 0.1) is 5.69 Å². The minimum Gasteiger partial charge on any atom is -0.452 e. The third kappa shape index (κ3) is 4.79. The van der Waals surface area contributed by atoms with E-state index in [1.54, 1.807) is 6.92 Å². The highest BCUT2D eigenvalue weighted by molar-refractivity contribution is 9.11. The molecule has 0 radical (unpaired) electrons. The standard InChI is InChI=1S/C17H15Br2NO5/c1-8-4-11(18)16(12(19)5-8)20-13(21)7-24-17(23)15-9(2)6-14(22)25-10(15)3/h4-6H,7H2,1-3H3,(H,20,21).